The van der Waals surface area contributed by atoms with Gasteiger partial charge in [0, 0.05) is 25.0 Å². The summed E-state index contributed by atoms with van der Waals surface area (Å²) in [4.78, 5) is 0.271. The predicted octanol–water partition coefficient (Wildman–Crippen LogP) is 3.35. The fourth-order valence-electron chi connectivity index (χ4n) is 2.13. The lowest BCUT2D eigenvalue weighted by Crippen LogP contribution is -2.22. The summed E-state index contributed by atoms with van der Waals surface area (Å²) in [6, 6.07) is 16.4. The monoisotopic (exact) mass is 301 g/mol. The first-order chi connectivity index (χ1) is 9.98. The van der Waals surface area contributed by atoms with Gasteiger partial charge in [-0.3, -0.25) is 0 Å². The van der Waals surface area contributed by atoms with Gasteiger partial charge in [0.1, 0.15) is 11.3 Å². The van der Waals surface area contributed by atoms with Crippen LogP contribution in [0.1, 0.15) is 0 Å². The van der Waals surface area contributed by atoms with E-state index in [1.54, 1.807) is 24.3 Å². The molecule has 0 fully saturated rings. The molecule has 21 heavy (non-hydrogen) atoms. The Morgan fingerprint density at radius 3 is 2.24 bits per heavy atom. The van der Waals surface area contributed by atoms with Crippen LogP contribution in [0, 0.1) is 0 Å². The molecule has 0 saturated heterocycles. The number of hydrogen-bond acceptors (Lipinski definition) is 3. The van der Waals surface area contributed by atoms with Crippen LogP contribution >= 0.6 is 0 Å². The number of fused-ring (bicyclic) bond motifs is 1. The molecule has 0 bridgehead atoms. The lowest BCUT2D eigenvalue weighted by atomic mass is 10.1. The van der Waals surface area contributed by atoms with E-state index in [-0.39, 0.29) is 4.90 Å². The number of rotatable bonds is 3. The third-order valence-electron chi connectivity index (χ3n) is 3.34. The average molecular weight is 301 g/mol. The summed E-state index contributed by atoms with van der Waals surface area (Å²) in [5.74, 6) is 0.727. The van der Waals surface area contributed by atoms with Crippen molar-refractivity contribution >= 4 is 21.0 Å². The van der Waals surface area contributed by atoms with E-state index in [1.807, 2.05) is 30.3 Å². The smallest absolute Gasteiger partial charge is 0.242 e. The second-order valence-corrected chi connectivity index (χ2v) is 7.11. The highest BCUT2D eigenvalue weighted by molar-refractivity contribution is 7.89. The number of nitrogens with zero attached hydrogens (tertiary/aromatic N) is 1. The molecule has 0 amide bonds. The lowest BCUT2D eigenvalue weighted by Gasteiger charge is -2.11. The molecule has 0 radical (unpaired) electrons. The molecule has 0 saturated carbocycles. The van der Waals surface area contributed by atoms with Gasteiger partial charge in [-0.05, 0) is 36.4 Å². The first kappa shape index (κ1) is 13.9. The Bertz CT molecular complexity index is 844. The highest BCUT2D eigenvalue weighted by Gasteiger charge is 2.17. The van der Waals surface area contributed by atoms with Crippen molar-refractivity contribution in [2.45, 2.75) is 4.90 Å². The van der Waals surface area contributed by atoms with Crippen molar-refractivity contribution in [2.24, 2.45) is 0 Å². The zero-order chi connectivity index (χ0) is 15.0. The molecule has 0 aliphatic rings. The Morgan fingerprint density at radius 2 is 1.62 bits per heavy atom. The van der Waals surface area contributed by atoms with Gasteiger partial charge in [0.05, 0.1) is 4.90 Å². The summed E-state index contributed by atoms with van der Waals surface area (Å²) in [6.45, 7) is 0. The largest absolute Gasteiger partial charge is 0.456 e. The third-order valence-corrected chi connectivity index (χ3v) is 5.17. The van der Waals surface area contributed by atoms with Crippen molar-refractivity contribution in [1.82, 2.24) is 4.31 Å². The van der Waals surface area contributed by atoms with Gasteiger partial charge in [-0.15, -0.1) is 0 Å². The Balaban J connectivity index is 2.01. The molecular formula is C16H15NO3S. The van der Waals surface area contributed by atoms with Crippen molar-refractivity contribution in [3.05, 3.63) is 54.6 Å². The molecule has 108 valence electrons. The zero-order valence-electron chi connectivity index (χ0n) is 11.8. The van der Waals surface area contributed by atoms with Gasteiger partial charge in [-0.2, -0.15) is 0 Å². The van der Waals surface area contributed by atoms with Gasteiger partial charge in [0.2, 0.25) is 10.0 Å². The molecule has 1 aromatic heterocycles. The molecule has 0 N–H and O–H groups in total. The Kier molecular flexibility index (Phi) is 3.31. The van der Waals surface area contributed by atoms with Crippen molar-refractivity contribution in [3.8, 4) is 11.3 Å². The standard InChI is InChI=1S/C16H15NO3S/c1-17(2)21(18,19)14-9-7-12(8-10-14)16-11-13-5-3-4-6-15(13)20-16/h3-11H,1-2H3. The summed E-state index contributed by atoms with van der Waals surface area (Å²) in [5, 5.41) is 1.03. The first-order valence-corrected chi connectivity index (χ1v) is 7.94. The maximum Gasteiger partial charge on any atom is 0.242 e. The number of hydrogen-bond donors (Lipinski definition) is 0. The van der Waals surface area contributed by atoms with Crippen LogP contribution in [0.25, 0.3) is 22.3 Å². The number of benzene rings is 2. The summed E-state index contributed by atoms with van der Waals surface area (Å²) in [6.07, 6.45) is 0. The van der Waals surface area contributed by atoms with Crippen LogP contribution in [0.2, 0.25) is 0 Å². The minimum Gasteiger partial charge on any atom is -0.456 e. The minimum atomic E-state index is -3.40. The van der Waals surface area contributed by atoms with Gasteiger partial charge in [-0.25, -0.2) is 12.7 Å². The Hall–Kier alpha value is -2.11. The minimum absolute atomic E-state index is 0.271. The Morgan fingerprint density at radius 1 is 0.952 bits per heavy atom. The van der Waals surface area contributed by atoms with Gasteiger partial charge < -0.3 is 4.42 Å². The van der Waals surface area contributed by atoms with Gasteiger partial charge in [0.15, 0.2) is 0 Å². The van der Waals surface area contributed by atoms with E-state index in [1.165, 1.54) is 18.4 Å². The molecule has 0 spiro atoms. The van der Waals surface area contributed by atoms with Gasteiger partial charge in [0.25, 0.3) is 0 Å². The zero-order valence-corrected chi connectivity index (χ0v) is 12.6. The molecule has 5 heteroatoms. The highest BCUT2D eigenvalue weighted by atomic mass is 32.2. The molecule has 0 aliphatic carbocycles. The average Bonchev–Trinajstić information content (AvgIpc) is 2.91. The van der Waals surface area contributed by atoms with Crippen LogP contribution in [0.5, 0.6) is 0 Å². The second kappa shape index (κ2) is 5.02. The molecule has 2 aromatic carbocycles. The maximum absolute atomic E-state index is 12.0. The van der Waals surface area contributed by atoms with E-state index in [4.69, 9.17) is 4.42 Å². The third kappa shape index (κ3) is 2.46. The van der Waals surface area contributed by atoms with Crippen molar-refractivity contribution < 1.29 is 12.8 Å². The van der Waals surface area contributed by atoms with Gasteiger partial charge in [-0.1, -0.05) is 18.2 Å². The van der Waals surface area contributed by atoms with Crippen LogP contribution in [-0.4, -0.2) is 26.8 Å². The van der Waals surface area contributed by atoms with Crippen LogP contribution in [0.15, 0.2) is 63.9 Å². The fourth-order valence-corrected chi connectivity index (χ4v) is 3.03. The van der Waals surface area contributed by atoms with Crippen LogP contribution < -0.4 is 0 Å². The van der Waals surface area contributed by atoms with E-state index < -0.39 is 10.0 Å². The van der Waals surface area contributed by atoms with E-state index in [0.29, 0.717) is 0 Å². The van der Waals surface area contributed by atoms with E-state index in [2.05, 4.69) is 0 Å². The molecule has 0 unspecified atom stereocenters. The van der Waals surface area contributed by atoms with E-state index in [0.717, 1.165) is 22.3 Å². The highest BCUT2D eigenvalue weighted by Crippen LogP contribution is 2.28. The van der Waals surface area contributed by atoms with E-state index >= 15 is 0 Å². The molecule has 1 heterocycles. The summed E-state index contributed by atoms with van der Waals surface area (Å²) in [5.41, 5.74) is 1.67. The maximum atomic E-state index is 12.0. The first-order valence-electron chi connectivity index (χ1n) is 6.50. The topological polar surface area (TPSA) is 50.5 Å². The van der Waals surface area contributed by atoms with Crippen molar-refractivity contribution in [3.63, 3.8) is 0 Å². The van der Waals surface area contributed by atoms with Crippen molar-refractivity contribution in [1.29, 1.82) is 0 Å². The Labute approximate surface area is 123 Å². The number of para-hydroxylation sites is 1. The van der Waals surface area contributed by atoms with Gasteiger partial charge >= 0.3 is 0 Å². The normalized spacial score (nSPS) is 12.1. The quantitative estimate of drug-likeness (QED) is 0.745. The molecule has 3 rings (SSSR count). The molecule has 0 atom stereocenters. The van der Waals surface area contributed by atoms with Crippen molar-refractivity contribution in [2.75, 3.05) is 14.1 Å². The van der Waals surface area contributed by atoms with Crippen LogP contribution in [-0.2, 0) is 10.0 Å². The number of furan rings is 1. The molecule has 0 aliphatic heterocycles. The van der Waals surface area contributed by atoms with Crippen LogP contribution in [0.3, 0.4) is 0 Å². The summed E-state index contributed by atoms with van der Waals surface area (Å²) in [7, 11) is -0.365. The fraction of sp³-hybridized carbons (Fsp3) is 0.125. The SMILES string of the molecule is CN(C)S(=O)(=O)c1ccc(-c2cc3ccccc3o2)cc1. The summed E-state index contributed by atoms with van der Waals surface area (Å²) >= 11 is 0. The summed E-state index contributed by atoms with van der Waals surface area (Å²) < 4.78 is 31.0. The lowest BCUT2D eigenvalue weighted by molar-refractivity contribution is 0.520. The second-order valence-electron chi connectivity index (χ2n) is 4.96. The molecule has 3 aromatic rings. The predicted molar refractivity (Wildman–Crippen MR) is 82.5 cm³/mol. The molecular weight excluding hydrogens is 286 g/mol. The number of sulfonamides is 1. The van der Waals surface area contributed by atoms with E-state index in [9.17, 15) is 8.42 Å². The van der Waals surface area contributed by atoms with Crippen LogP contribution in [0.4, 0.5) is 0 Å². The molecule has 4 nitrogen and oxygen atoms in total.